The van der Waals surface area contributed by atoms with Crippen LogP contribution < -0.4 is 4.72 Å². The van der Waals surface area contributed by atoms with E-state index < -0.39 is 10.0 Å². The van der Waals surface area contributed by atoms with Crippen molar-refractivity contribution < 1.29 is 12.9 Å². The summed E-state index contributed by atoms with van der Waals surface area (Å²) in [4.78, 5) is 0.297. The highest BCUT2D eigenvalue weighted by Crippen LogP contribution is 2.23. The molecule has 1 heterocycles. The standard InChI is InChI=1S/C16H22N2O3S/c1-16(2,3)14-6-8-15(9-7-14)22(19,20)18-10-4-5-13-11-17-21-12-13/h6-9,11-12,18H,4-5,10H2,1-3H3. The minimum absolute atomic E-state index is 0.00828. The van der Waals surface area contributed by atoms with Crippen LogP contribution in [0.1, 0.15) is 38.3 Å². The van der Waals surface area contributed by atoms with E-state index in [1.165, 1.54) is 0 Å². The SMILES string of the molecule is CC(C)(C)c1ccc(S(=O)(=O)NCCCc2cnoc2)cc1. The van der Waals surface area contributed by atoms with Crippen LogP contribution in [-0.4, -0.2) is 20.1 Å². The van der Waals surface area contributed by atoms with Crippen LogP contribution in [0.3, 0.4) is 0 Å². The fourth-order valence-corrected chi connectivity index (χ4v) is 3.14. The zero-order chi connectivity index (χ0) is 16.2. The van der Waals surface area contributed by atoms with Gasteiger partial charge in [-0.3, -0.25) is 0 Å². The Balaban J connectivity index is 1.92. The minimum Gasteiger partial charge on any atom is -0.364 e. The number of sulfonamides is 1. The highest BCUT2D eigenvalue weighted by Gasteiger charge is 2.17. The highest BCUT2D eigenvalue weighted by molar-refractivity contribution is 7.89. The van der Waals surface area contributed by atoms with Gasteiger partial charge in [-0.2, -0.15) is 0 Å². The van der Waals surface area contributed by atoms with Crippen LogP contribution in [0.4, 0.5) is 0 Å². The summed E-state index contributed by atoms with van der Waals surface area (Å²) in [6.45, 7) is 6.67. The molecule has 22 heavy (non-hydrogen) atoms. The number of benzene rings is 1. The first-order chi connectivity index (χ1) is 10.3. The molecule has 0 atom stereocenters. The summed E-state index contributed by atoms with van der Waals surface area (Å²) in [7, 11) is -3.45. The number of aromatic nitrogens is 1. The molecule has 1 aromatic heterocycles. The number of nitrogens with zero attached hydrogens (tertiary/aromatic N) is 1. The Morgan fingerprint density at radius 1 is 1.18 bits per heavy atom. The molecule has 1 aromatic carbocycles. The molecule has 0 bridgehead atoms. The van der Waals surface area contributed by atoms with E-state index in [1.54, 1.807) is 24.6 Å². The van der Waals surface area contributed by atoms with Crippen molar-refractivity contribution in [2.75, 3.05) is 6.54 Å². The zero-order valence-electron chi connectivity index (χ0n) is 13.2. The molecule has 0 aliphatic rings. The van der Waals surface area contributed by atoms with Crippen LogP contribution >= 0.6 is 0 Å². The Morgan fingerprint density at radius 2 is 1.86 bits per heavy atom. The molecule has 0 aliphatic heterocycles. The van der Waals surface area contributed by atoms with Crippen LogP contribution in [0, 0.1) is 0 Å². The molecule has 0 aliphatic carbocycles. The molecular formula is C16H22N2O3S. The van der Waals surface area contributed by atoms with Gasteiger partial charge in [0.05, 0.1) is 11.1 Å². The van der Waals surface area contributed by atoms with Crippen molar-refractivity contribution in [3.63, 3.8) is 0 Å². The number of aryl methyl sites for hydroxylation is 1. The van der Waals surface area contributed by atoms with Gasteiger partial charge in [0.25, 0.3) is 0 Å². The van der Waals surface area contributed by atoms with E-state index >= 15 is 0 Å². The van der Waals surface area contributed by atoms with Gasteiger partial charge in [-0.05, 0) is 36.0 Å². The molecule has 120 valence electrons. The maximum atomic E-state index is 12.2. The molecule has 0 amide bonds. The van der Waals surface area contributed by atoms with Gasteiger partial charge in [0.1, 0.15) is 6.26 Å². The number of rotatable bonds is 6. The fraction of sp³-hybridized carbons (Fsp3) is 0.438. The van der Waals surface area contributed by atoms with Gasteiger partial charge in [0, 0.05) is 12.1 Å². The predicted molar refractivity (Wildman–Crippen MR) is 85.2 cm³/mol. The number of nitrogens with one attached hydrogen (secondary N) is 1. The van der Waals surface area contributed by atoms with Gasteiger partial charge in [-0.25, -0.2) is 13.1 Å². The van der Waals surface area contributed by atoms with Gasteiger partial charge >= 0.3 is 0 Å². The lowest BCUT2D eigenvalue weighted by Gasteiger charge is -2.19. The Bertz CT molecular complexity index is 684. The molecule has 0 unspecified atom stereocenters. The van der Waals surface area contributed by atoms with E-state index in [9.17, 15) is 8.42 Å². The quantitative estimate of drug-likeness (QED) is 0.830. The number of hydrogen-bond acceptors (Lipinski definition) is 4. The van der Waals surface area contributed by atoms with E-state index in [0.29, 0.717) is 17.9 Å². The van der Waals surface area contributed by atoms with Gasteiger partial charge in [0.2, 0.25) is 10.0 Å². The third kappa shape index (κ3) is 4.42. The third-order valence-electron chi connectivity index (χ3n) is 3.45. The van der Waals surface area contributed by atoms with Crippen molar-refractivity contribution in [1.29, 1.82) is 0 Å². The van der Waals surface area contributed by atoms with Crippen LogP contribution in [0.25, 0.3) is 0 Å². The summed E-state index contributed by atoms with van der Waals surface area (Å²) in [5.41, 5.74) is 2.08. The summed E-state index contributed by atoms with van der Waals surface area (Å²) in [5.74, 6) is 0. The Labute approximate surface area is 131 Å². The molecule has 5 nitrogen and oxygen atoms in total. The second kappa shape index (κ2) is 6.62. The van der Waals surface area contributed by atoms with Crippen LogP contribution in [0.5, 0.6) is 0 Å². The molecule has 0 saturated heterocycles. The molecule has 2 rings (SSSR count). The first kappa shape index (κ1) is 16.7. The van der Waals surface area contributed by atoms with Crippen LogP contribution in [0.15, 0.2) is 46.1 Å². The molecule has 0 radical (unpaired) electrons. The van der Waals surface area contributed by atoms with E-state index in [4.69, 9.17) is 4.52 Å². The van der Waals surface area contributed by atoms with Gasteiger partial charge in [0.15, 0.2) is 0 Å². The highest BCUT2D eigenvalue weighted by atomic mass is 32.2. The van der Waals surface area contributed by atoms with Crippen molar-refractivity contribution in [1.82, 2.24) is 9.88 Å². The molecule has 6 heteroatoms. The molecule has 2 aromatic rings. The topological polar surface area (TPSA) is 72.2 Å². The average Bonchev–Trinajstić information content (AvgIpc) is 2.96. The Morgan fingerprint density at radius 3 is 2.41 bits per heavy atom. The third-order valence-corrected chi connectivity index (χ3v) is 4.93. The summed E-state index contributed by atoms with van der Waals surface area (Å²) in [6, 6.07) is 7.04. The van der Waals surface area contributed by atoms with E-state index in [0.717, 1.165) is 17.5 Å². The summed E-state index contributed by atoms with van der Waals surface area (Å²) in [6.07, 6.45) is 4.63. The fourth-order valence-electron chi connectivity index (χ4n) is 2.07. The summed E-state index contributed by atoms with van der Waals surface area (Å²) < 4.78 is 31.8. The van der Waals surface area contributed by atoms with Crippen molar-refractivity contribution in [2.45, 2.75) is 43.9 Å². The van der Waals surface area contributed by atoms with Gasteiger partial charge in [-0.1, -0.05) is 38.1 Å². The average molecular weight is 322 g/mol. The maximum Gasteiger partial charge on any atom is 0.240 e. The second-order valence-corrected chi connectivity index (χ2v) is 8.08. The van der Waals surface area contributed by atoms with Crippen molar-refractivity contribution in [2.24, 2.45) is 0 Å². The largest absolute Gasteiger partial charge is 0.364 e. The number of hydrogen-bond donors (Lipinski definition) is 1. The summed E-state index contributed by atoms with van der Waals surface area (Å²) >= 11 is 0. The molecular weight excluding hydrogens is 300 g/mol. The summed E-state index contributed by atoms with van der Waals surface area (Å²) in [5, 5.41) is 3.61. The molecule has 0 saturated carbocycles. The lowest BCUT2D eigenvalue weighted by Crippen LogP contribution is -2.25. The molecule has 1 N–H and O–H groups in total. The predicted octanol–water partition coefficient (Wildman–Crippen LogP) is 2.88. The molecule has 0 spiro atoms. The van der Waals surface area contributed by atoms with Gasteiger partial charge in [-0.15, -0.1) is 0 Å². The minimum atomic E-state index is -3.45. The second-order valence-electron chi connectivity index (χ2n) is 6.31. The van der Waals surface area contributed by atoms with Crippen molar-refractivity contribution >= 4 is 10.0 Å². The monoisotopic (exact) mass is 322 g/mol. The first-order valence-corrected chi connectivity index (χ1v) is 8.76. The van der Waals surface area contributed by atoms with E-state index in [-0.39, 0.29) is 5.41 Å². The van der Waals surface area contributed by atoms with Crippen molar-refractivity contribution in [3.8, 4) is 0 Å². The first-order valence-electron chi connectivity index (χ1n) is 7.27. The molecule has 0 fully saturated rings. The van der Waals surface area contributed by atoms with Crippen molar-refractivity contribution in [3.05, 3.63) is 47.9 Å². The zero-order valence-corrected chi connectivity index (χ0v) is 14.0. The lowest BCUT2D eigenvalue weighted by atomic mass is 9.87. The van der Waals surface area contributed by atoms with E-state index in [1.807, 2.05) is 12.1 Å². The normalized spacial score (nSPS) is 12.5. The Hall–Kier alpha value is -1.66. The van der Waals surface area contributed by atoms with Gasteiger partial charge < -0.3 is 4.52 Å². The lowest BCUT2D eigenvalue weighted by molar-refractivity contribution is 0.418. The van der Waals surface area contributed by atoms with Crippen LogP contribution in [-0.2, 0) is 21.9 Å². The van der Waals surface area contributed by atoms with E-state index in [2.05, 4.69) is 30.6 Å². The smallest absolute Gasteiger partial charge is 0.240 e. The van der Waals surface area contributed by atoms with Crippen LogP contribution in [0.2, 0.25) is 0 Å². The Kier molecular flexibility index (Phi) is 5.03. The maximum absolute atomic E-state index is 12.2.